The molecular formula is C15H15BrFNO. The van der Waals surface area contributed by atoms with Crippen LogP contribution in [0.25, 0.3) is 0 Å². The van der Waals surface area contributed by atoms with Crippen LogP contribution in [0.5, 0.6) is 5.75 Å². The highest BCUT2D eigenvalue weighted by molar-refractivity contribution is 9.10. The minimum Gasteiger partial charge on any atom is -0.495 e. The highest BCUT2D eigenvalue weighted by Crippen LogP contribution is 2.29. The molecule has 0 heterocycles. The predicted octanol–water partition coefficient (Wildman–Crippen LogP) is 4.77. The molecule has 0 saturated heterocycles. The fourth-order valence-electron chi connectivity index (χ4n) is 1.86. The van der Waals surface area contributed by atoms with Gasteiger partial charge in [-0.2, -0.15) is 0 Å². The molecule has 1 N–H and O–H groups in total. The van der Waals surface area contributed by atoms with Gasteiger partial charge in [-0.25, -0.2) is 4.39 Å². The van der Waals surface area contributed by atoms with Crippen molar-refractivity contribution < 1.29 is 9.13 Å². The summed E-state index contributed by atoms with van der Waals surface area (Å²) in [5, 5.41) is 3.32. The molecule has 0 aliphatic carbocycles. The second-order valence-corrected chi connectivity index (χ2v) is 5.12. The number of ether oxygens (including phenoxy) is 1. The Morgan fingerprint density at radius 2 is 2.00 bits per heavy atom. The number of halogens is 2. The van der Waals surface area contributed by atoms with E-state index in [-0.39, 0.29) is 11.9 Å². The maximum atomic E-state index is 13.2. The second-order valence-electron chi connectivity index (χ2n) is 4.27. The van der Waals surface area contributed by atoms with Gasteiger partial charge in [-0.15, -0.1) is 0 Å². The van der Waals surface area contributed by atoms with Gasteiger partial charge in [0.1, 0.15) is 11.6 Å². The van der Waals surface area contributed by atoms with Gasteiger partial charge < -0.3 is 10.1 Å². The topological polar surface area (TPSA) is 21.3 Å². The molecule has 100 valence electrons. The van der Waals surface area contributed by atoms with Crippen LogP contribution in [0.15, 0.2) is 46.9 Å². The van der Waals surface area contributed by atoms with E-state index in [0.29, 0.717) is 0 Å². The van der Waals surface area contributed by atoms with E-state index in [2.05, 4.69) is 21.2 Å². The molecule has 0 aliphatic rings. The summed E-state index contributed by atoms with van der Waals surface area (Å²) in [4.78, 5) is 0. The van der Waals surface area contributed by atoms with E-state index >= 15 is 0 Å². The number of nitrogens with one attached hydrogen (secondary N) is 1. The molecule has 0 aliphatic heterocycles. The average molecular weight is 324 g/mol. The van der Waals surface area contributed by atoms with Crippen molar-refractivity contribution >= 4 is 21.6 Å². The molecule has 0 fully saturated rings. The minimum atomic E-state index is -0.223. The van der Waals surface area contributed by atoms with Gasteiger partial charge in [0.15, 0.2) is 0 Å². The Hall–Kier alpha value is -1.55. The molecule has 0 amide bonds. The lowest BCUT2D eigenvalue weighted by Gasteiger charge is -2.16. The van der Waals surface area contributed by atoms with Crippen LogP contribution in [-0.2, 0) is 0 Å². The number of methoxy groups -OCH3 is 1. The Bertz CT molecular complexity index is 574. The van der Waals surface area contributed by atoms with E-state index in [1.54, 1.807) is 13.2 Å². The standard InChI is InChI=1S/C15H15BrFNO/c1-10(11-4-3-5-12(17)8-11)18-13-6-7-14(16)15(9-13)19-2/h3-10,18H,1-2H3. The third kappa shape index (κ3) is 3.47. The number of hydrogen-bond donors (Lipinski definition) is 1. The molecule has 0 bridgehead atoms. The molecule has 2 rings (SSSR count). The number of hydrogen-bond acceptors (Lipinski definition) is 2. The predicted molar refractivity (Wildman–Crippen MR) is 79.1 cm³/mol. The second kappa shape index (κ2) is 6.06. The SMILES string of the molecule is COc1cc(NC(C)c2cccc(F)c2)ccc1Br. The Kier molecular flexibility index (Phi) is 4.43. The van der Waals surface area contributed by atoms with Crippen LogP contribution >= 0.6 is 15.9 Å². The van der Waals surface area contributed by atoms with Gasteiger partial charge >= 0.3 is 0 Å². The van der Waals surface area contributed by atoms with Crippen molar-refractivity contribution in [2.45, 2.75) is 13.0 Å². The zero-order valence-corrected chi connectivity index (χ0v) is 12.4. The molecule has 2 aromatic rings. The van der Waals surface area contributed by atoms with Gasteiger partial charge in [0.25, 0.3) is 0 Å². The molecule has 1 atom stereocenters. The summed E-state index contributed by atoms with van der Waals surface area (Å²) < 4.78 is 19.3. The first-order valence-corrected chi connectivity index (χ1v) is 6.75. The molecule has 19 heavy (non-hydrogen) atoms. The third-order valence-electron chi connectivity index (χ3n) is 2.88. The summed E-state index contributed by atoms with van der Waals surface area (Å²) in [7, 11) is 1.62. The van der Waals surface area contributed by atoms with Crippen LogP contribution in [0.3, 0.4) is 0 Å². The normalized spacial score (nSPS) is 12.0. The maximum absolute atomic E-state index is 13.2. The van der Waals surface area contributed by atoms with E-state index in [1.165, 1.54) is 12.1 Å². The van der Waals surface area contributed by atoms with Crippen LogP contribution in [0.2, 0.25) is 0 Å². The van der Waals surface area contributed by atoms with E-state index in [0.717, 1.165) is 21.5 Å². The lowest BCUT2D eigenvalue weighted by Crippen LogP contribution is -2.06. The highest BCUT2D eigenvalue weighted by Gasteiger charge is 2.08. The third-order valence-corrected chi connectivity index (χ3v) is 3.54. The lowest BCUT2D eigenvalue weighted by molar-refractivity contribution is 0.412. The van der Waals surface area contributed by atoms with Crippen molar-refractivity contribution in [3.05, 3.63) is 58.3 Å². The molecule has 4 heteroatoms. The zero-order valence-electron chi connectivity index (χ0n) is 10.8. The summed E-state index contributed by atoms with van der Waals surface area (Å²) >= 11 is 3.41. The summed E-state index contributed by atoms with van der Waals surface area (Å²) in [6, 6.07) is 12.4. The van der Waals surface area contributed by atoms with Crippen molar-refractivity contribution in [2.24, 2.45) is 0 Å². The Morgan fingerprint density at radius 3 is 2.68 bits per heavy atom. The fraction of sp³-hybridized carbons (Fsp3) is 0.200. The molecule has 0 aromatic heterocycles. The minimum absolute atomic E-state index is 0.0154. The van der Waals surface area contributed by atoms with Crippen LogP contribution in [0.4, 0.5) is 10.1 Å². The quantitative estimate of drug-likeness (QED) is 0.875. The largest absolute Gasteiger partial charge is 0.495 e. The molecule has 2 nitrogen and oxygen atoms in total. The Labute approximate surface area is 120 Å². The van der Waals surface area contributed by atoms with Crippen molar-refractivity contribution in [1.82, 2.24) is 0 Å². The molecular weight excluding hydrogens is 309 g/mol. The molecule has 1 unspecified atom stereocenters. The van der Waals surface area contributed by atoms with Gasteiger partial charge in [0.2, 0.25) is 0 Å². The van der Waals surface area contributed by atoms with Gasteiger partial charge in [-0.3, -0.25) is 0 Å². The van der Waals surface area contributed by atoms with Crippen molar-refractivity contribution in [2.75, 3.05) is 12.4 Å². The van der Waals surface area contributed by atoms with Crippen LogP contribution < -0.4 is 10.1 Å². The van der Waals surface area contributed by atoms with Crippen molar-refractivity contribution in [3.63, 3.8) is 0 Å². The van der Waals surface area contributed by atoms with Crippen LogP contribution in [0.1, 0.15) is 18.5 Å². The van der Waals surface area contributed by atoms with Crippen LogP contribution in [-0.4, -0.2) is 7.11 Å². The zero-order chi connectivity index (χ0) is 13.8. The first-order valence-electron chi connectivity index (χ1n) is 5.95. The summed E-state index contributed by atoms with van der Waals surface area (Å²) in [6.45, 7) is 1.99. The molecule has 0 saturated carbocycles. The van der Waals surface area contributed by atoms with Gasteiger partial charge in [0.05, 0.1) is 11.6 Å². The van der Waals surface area contributed by atoms with Crippen molar-refractivity contribution in [3.8, 4) is 5.75 Å². The van der Waals surface area contributed by atoms with E-state index in [4.69, 9.17) is 4.74 Å². The van der Waals surface area contributed by atoms with E-state index in [1.807, 2.05) is 31.2 Å². The first-order chi connectivity index (χ1) is 9.10. The summed E-state index contributed by atoms with van der Waals surface area (Å²) in [6.07, 6.45) is 0. The van der Waals surface area contributed by atoms with Gasteiger partial charge in [0, 0.05) is 17.8 Å². The molecule has 2 aromatic carbocycles. The average Bonchev–Trinajstić information content (AvgIpc) is 2.41. The number of rotatable bonds is 4. The van der Waals surface area contributed by atoms with E-state index in [9.17, 15) is 4.39 Å². The van der Waals surface area contributed by atoms with Gasteiger partial charge in [-0.05, 0) is 52.7 Å². The Morgan fingerprint density at radius 1 is 1.21 bits per heavy atom. The van der Waals surface area contributed by atoms with Crippen molar-refractivity contribution in [1.29, 1.82) is 0 Å². The van der Waals surface area contributed by atoms with E-state index < -0.39 is 0 Å². The maximum Gasteiger partial charge on any atom is 0.135 e. The first kappa shape index (κ1) is 13.9. The molecule has 0 radical (unpaired) electrons. The summed E-state index contributed by atoms with van der Waals surface area (Å²) in [5.74, 6) is 0.538. The highest BCUT2D eigenvalue weighted by atomic mass is 79.9. The number of anilines is 1. The van der Waals surface area contributed by atoms with Gasteiger partial charge in [-0.1, -0.05) is 12.1 Å². The fourth-order valence-corrected chi connectivity index (χ4v) is 2.27. The number of benzene rings is 2. The monoisotopic (exact) mass is 323 g/mol. The van der Waals surface area contributed by atoms with Crippen LogP contribution in [0, 0.1) is 5.82 Å². The molecule has 0 spiro atoms. The lowest BCUT2D eigenvalue weighted by atomic mass is 10.1. The Balaban J connectivity index is 2.17. The summed E-state index contributed by atoms with van der Waals surface area (Å²) in [5.41, 5.74) is 1.83. The smallest absolute Gasteiger partial charge is 0.135 e.